The molecule has 0 bridgehead atoms. The molecular formula is C16H20BrNO3. The van der Waals surface area contributed by atoms with E-state index in [1.165, 1.54) is 0 Å². The number of hydrogen-bond acceptors (Lipinski definition) is 2. The topological polar surface area (TPSA) is 66.4 Å². The third-order valence-electron chi connectivity index (χ3n) is 4.07. The van der Waals surface area contributed by atoms with Crippen LogP contribution in [0, 0.1) is 11.8 Å². The molecule has 1 aromatic carbocycles. The second kappa shape index (κ2) is 7.59. The van der Waals surface area contributed by atoms with Crippen LogP contribution in [-0.4, -0.2) is 23.5 Å². The molecule has 0 saturated heterocycles. The summed E-state index contributed by atoms with van der Waals surface area (Å²) in [6, 6.07) is 7.63. The summed E-state index contributed by atoms with van der Waals surface area (Å²) >= 11 is 3.36. The van der Waals surface area contributed by atoms with E-state index in [4.69, 9.17) is 0 Å². The Morgan fingerprint density at radius 3 is 2.52 bits per heavy atom. The first-order valence-electron chi connectivity index (χ1n) is 7.30. The van der Waals surface area contributed by atoms with E-state index in [0.29, 0.717) is 13.0 Å². The molecule has 0 spiro atoms. The summed E-state index contributed by atoms with van der Waals surface area (Å²) in [5.41, 5.74) is 0.953. The first-order chi connectivity index (χ1) is 10.1. The van der Waals surface area contributed by atoms with Crippen molar-refractivity contribution in [2.45, 2.75) is 32.1 Å². The highest BCUT2D eigenvalue weighted by atomic mass is 79.9. The van der Waals surface area contributed by atoms with Crippen molar-refractivity contribution in [3.8, 4) is 0 Å². The zero-order valence-electron chi connectivity index (χ0n) is 11.8. The number of benzene rings is 1. The minimum absolute atomic E-state index is 0.0490. The van der Waals surface area contributed by atoms with Crippen LogP contribution in [0.1, 0.15) is 31.2 Å². The molecule has 0 unspecified atom stereocenters. The van der Waals surface area contributed by atoms with Crippen LogP contribution < -0.4 is 5.32 Å². The van der Waals surface area contributed by atoms with Crippen LogP contribution in [0.25, 0.3) is 0 Å². The molecule has 0 aromatic heterocycles. The molecule has 1 aliphatic rings. The van der Waals surface area contributed by atoms with Gasteiger partial charge in [0, 0.05) is 11.0 Å². The van der Waals surface area contributed by atoms with E-state index >= 15 is 0 Å². The maximum absolute atomic E-state index is 11.9. The van der Waals surface area contributed by atoms with Gasteiger partial charge >= 0.3 is 5.97 Å². The van der Waals surface area contributed by atoms with Gasteiger partial charge in [0.2, 0.25) is 5.91 Å². The molecule has 5 heteroatoms. The van der Waals surface area contributed by atoms with Gasteiger partial charge in [0.25, 0.3) is 0 Å². The van der Waals surface area contributed by atoms with Crippen LogP contribution >= 0.6 is 15.9 Å². The first kappa shape index (κ1) is 16.0. The Bertz CT molecular complexity index is 501. The van der Waals surface area contributed by atoms with Gasteiger partial charge < -0.3 is 10.4 Å². The third-order valence-corrected chi connectivity index (χ3v) is 4.59. The van der Waals surface area contributed by atoms with Gasteiger partial charge in [-0.1, -0.05) is 40.9 Å². The minimum atomic E-state index is -0.734. The van der Waals surface area contributed by atoms with Gasteiger partial charge in [-0.25, -0.2) is 0 Å². The lowest BCUT2D eigenvalue weighted by molar-refractivity contribution is -0.145. The van der Waals surface area contributed by atoms with Crippen LogP contribution in [0.5, 0.6) is 0 Å². The lowest BCUT2D eigenvalue weighted by atomic mass is 9.79. The van der Waals surface area contributed by atoms with Gasteiger partial charge in [0.1, 0.15) is 0 Å². The molecule has 0 aliphatic heterocycles. The van der Waals surface area contributed by atoms with Crippen molar-refractivity contribution >= 4 is 27.8 Å². The van der Waals surface area contributed by atoms with E-state index in [9.17, 15) is 14.7 Å². The molecule has 1 amide bonds. The van der Waals surface area contributed by atoms with Crippen LogP contribution in [0.3, 0.4) is 0 Å². The number of rotatable bonds is 5. The highest BCUT2D eigenvalue weighted by Gasteiger charge is 2.30. The molecule has 4 nitrogen and oxygen atoms in total. The maximum Gasteiger partial charge on any atom is 0.306 e. The number of carboxylic acid groups (broad SMARTS) is 1. The van der Waals surface area contributed by atoms with E-state index < -0.39 is 5.97 Å². The molecule has 21 heavy (non-hydrogen) atoms. The smallest absolute Gasteiger partial charge is 0.306 e. The van der Waals surface area contributed by atoms with Gasteiger partial charge in [-0.15, -0.1) is 0 Å². The Morgan fingerprint density at radius 2 is 1.86 bits per heavy atom. The highest BCUT2D eigenvalue weighted by molar-refractivity contribution is 9.10. The van der Waals surface area contributed by atoms with Crippen LogP contribution in [0.4, 0.5) is 0 Å². The van der Waals surface area contributed by atoms with Crippen molar-refractivity contribution in [3.63, 3.8) is 0 Å². The number of carbonyl (C=O) groups excluding carboxylic acids is 1. The van der Waals surface area contributed by atoms with Gasteiger partial charge in [0.15, 0.2) is 0 Å². The fourth-order valence-electron chi connectivity index (χ4n) is 2.87. The van der Waals surface area contributed by atoms with Gasteiger partial charge in [-0.05, 0) is 36.5 Å². The molecule has 2 rings (SSSR count). The standard InChI is InChI=1S/C16H20BrNO3/c17-13-7-5-11(6-8-13)9-15(19)18-10-12-3-1-2-4-14(12)16(20)21/h5-8,12,14H,1-4,9-10H2,(H,18,19)(H,20,21)/t12-,14-/m0/s1. The summed E-state index contributed by atoms with van der Waals surface area (Å²) < 4.78 is 0.984. The van der Waals surface area contributed by atoms with E-state index in [1.54, 1.807) is 0 Å². The molecule has 2 atom stereocenters. The van der Waals surface area contributed by atoms with Crippen molar-refractivity contribution in [2.24, 2.45) is 11.8 Å². The molecule has 0 radical (unpaired) electrons. The van der Waals surface area contributed by atoms with Crippen LogP contribution in [0.15, 0.2) is 28.7 Å². The van der Waals surface area contributed by atoms with Crippen LogP contribution in [0.2, 0.25) is 0 Å². The Balaban J connectivity index is 1.82. The summed E-state index contributed by atoms with van der Waals surface area (Å²) in [4.78, 5) is 23.2. The third kappa shape index (κ3) is 4.84. The fourth-order valence-corrected chi connectivity index (χ4v) is 3.14. The summed E-state index contributed by atoms with van der Waals surface area (Å²) in [6.07, 6.45) is 3.97. The number of carboxylic acids is 1. The summed E-state index contributed by atoms with van der Waals surface area (Å²) in [5.74, 6) is -1.04. The number of halogens is 1. The molecule has 1 aromatic rings. The van der Waals surface area contributed by atoms with Gasteiger partial charge in [-0.2, -0.15) is 0 Å². The van der Waals surface area contributed by atoms with Crippen LogP contribution in [-0.2, 0) is 16.0 Å². The molecule has 2 N–H and O–H groups in total. The van der Waals surface area contributed by atoms with E-state index in [2.05, 4.69) is 21.2 Å². The minimum Gasteiger partial charge on any atom is -0.481 e. The zero-order chi connectivity index (χ0) is 15.2. The summed E-state index contributed by atoms with van der Waals surface area (Å²) in [5, 5.41) is 12.1. The number of carbonyl (C=O) groups is 2. The number of aliphatic carboxylic acids is 1. The summed E-state index contributed by atoms with van der Waals surface area (Å²) in [6.45, 7) is 0.465. The first-order valence-corrected chi connectivity index (χ1v) is 8.09. The molecular weight excluding hydrogens is 334 g/mol. The number of hydrogen-bond donors (Lipinski definition) is 2. The number of amides is 1. The monoisotopic (exact) mass is 353 g/mol. The maximum atomic E-state index is 11.9. The summed E-state index contributed by atoms with van der Waals surface area (Å²) in [7, 11) is 0. The predicted molar refractivity (Wildman–Crippen MR) is 83.9 cm³/mol. The Labute approximate surface area is 133 Å². The zero-order valence-corrected chi connectivity index (χ0v) is 13.4. The fraction of sp³-hybridized carbons (Fsp3) is 0.500. The van der Waals surface area contributed by atoms with Gasteiger partial charge in [-0.3, -0.25) is 9.59 Å². The molecule has 114 valence electrons. The Hall–Kier alpha value is -1.36. The average Bonchev–Trinajstić information content (AvgIpc) is 2.48. The van der Waals surface area contributed by atoms with Crippen molar-refractivity contribution < 1.29 is 14.7 Å². The SMILES string of the molecule is O=C(Cc1ccc(Br)cc1)NC[C@@H]1CCCC[C@@H]1C(=O)O. The second-order valence-corrected chi connectivity index (χ2v) is 6.51. The Kier molecular flexibility index (Phi) is 5.79. The Morgan fingerprint density at radius 1 is 1.19 bits per heavy atom. The second-order valence-electron chi connectivity index (χ2n) is 5.60. The van der Waals surface area contributed by atoms with E-state index in [-0.39, 0.29) is 17.7 Å². The molecule has 0 heterocycles. The van der Waals surface area contributed by atoms with E-state index in [0.717, 1.165) is 35.7 Å². The predicted octanol–water partition coefficient (Wildman–Crippen LogP) is 3.00. The lowest BCUT2D eigenvalue weighted by Gasteiger charge is -2.28. The highest BCUT2D eigenvalue weighted by Crippen LogP contribution is 2.29. The molecule has 1 fully saturated rings. The van der Waals surface area contributed by atoms with Crippen molar-refractivity contribution in [2.75, 3.05) is 6.54 Å². The molecule has 1 saturated carbocycles. The van der Waals surface area contributed by atoms with Crippen molar-refractivity contribution in [1.82, 2.24) is 5.32 Å². The van der Waals surface area contributed by atoms with Crippen molar-refractivity contribution in [3.05, 3.63) is 34.3 Å². The van der Waals surface area contributed by atoms with Gasteiger partial charge in [0.05, 0.1) is 12.3 Å². The molecule has 1 aliphatic carbocycles. The average molecular weight is 354 g/mol. The lowest BCUT2D eigenvalue weighted by Crippen LogP contribution is -2.37. The largest absolute Gasteiger partial charge is 0.481 e. The van der Waals surface area contributed by atoms with E-state index in [1.807, 2.05) is 24.3 Å². The number of nitrogens with one attached hydrogen (secondary N) is 1. The normalized spacial score (nSPS) is 21.8. The quantitative estimate of drug-likeness (QED) is 0.854. The van der Waals surface area contributed by atoms with Crippen molar-refractivity contribution in [1.29, 1.82) is 0 Å².